The van der Waals surface area contributed by atoms with Crippen molar-refractivity contribution in [3.8, 4) is 22.1 Å². The number of thiazole rings is 1. The Balaban J connectivity index is 1.50. The molecule has 0 aliphatic rings. The molecule has 0 saturated heterocycles. The summed E-state index contributed by atoms with van der Waals surface area (Å²) in [6, 6.07) is 9.58. The van der Waals surface area contributed by atoms with Crippen LogP contribution in [-0.4, -0.2) is 36.6 Å². The van der Waals surface area contributed by atoms with Crippen molar-refractivity contribution in [1.82, 2.24) is 15.3 Å². The SMILES string of the molecule is COc1ccc(CCNC(=O)Cc2csc(-c3cccnc3)n2)cc1OC. The summed E-state index contributed by atoms with van der Waals surface area (Å²) in [6.45, 7) is 0.550. The van der Waals surface area contributed by atoms with Gasteiger partial charge in [-0.3, -0.25) is 9.78 Å². The van der Waals surface area contributed by atoms with E-state index in [9.17, 15) is 4.79 Å². The number of aromatic nitrogens is 2. The highest BCUT2D eigenvalue weighted by Crippen LogP contribution is 2.27. The highest BCUT2D eigenvalue weighted by Gasteiger charge is 2.09. The van der Waals surface area contributed by atoms with Crippen LogP contribution in [0.2, 0.25) is 0 Å². The van der Waals surface area contributed by atoms with Crippen LogP contribution in [0.15, 0.2) is 48.1 Å². The first-order valence-electron chi connectivity index (χ1n) is 8.52. The number of hydrogen-bond donors (Lipinski definition) is 1. The molecule has 140 valence electrons. The molecule has 0 bridgehead atoms. The normalized spacial score (nSPS) is 10.4. The molecule has 0 fully saturated rings. The van der Waals surface area contributed by atoms with Crippen molar-refractivity contribution in [2.24, 2.45) is 0 Å². The first-order chi connectivity index (χ1) is 13.2. The van der Waals surface area contributed by atoms with Gasteiger partial charge in [0.15, 0.2) is 11.5 Å². The van der Waals surface area contributed by atoms with Crippen LogP contribution in [0.1, 0.15) is 11.3 Å². The van der Waals surface area contributed by atoms with Crippen LogP contribution < -0.4 is 14.8 Å². The van der Waals surface area contributed by atoms with Crippen LogP contribution in [0.5, 0.6) is 11.5 Å². The van der Waals surface area contributed by atoms with Crippen molar-refractivity contribution in [2.45, 2.75) is 12.8 Å². The fourth-order valence-electron chi connectivity index (χ4n) is 2.62. The maximum absolute atomic E-state index is 12.2. The Bertz CT molecular complexity index is 896. The summed E-state index contributed by atoms with van der Waals surface area (Å²) in [5, 5.41) is 5.72. The number of nitrogens with zero attached hydrogens (tertiary/aromatic N) is 2. The predicted molar refractivity (Wildman–Crippen MR) is 105 cm³/mol. The molecule has 0 unspecified atom stereocenters. The van der Waals surface area contributed by atoms with E-state index in [0.29, 0.717) is 24.5 Å². The molecular weight excluding hydrogens is 362 g/mol. The van der Waals surface area contributed by atoms with Crippen molar-refractivity contribution in [3.05, 3.63) is 59.4 Å². The van der Waals surface area contributed by atoms with E-state index in [2.05, 4.69) is 15.3 Å². The molecule has 7 heteroatoms. The maximum Gasteiger partial charge on any atom is 0.226 e. The quantitative estimate of drug-likeness (QED) is 0.647. The Hall–Kier alpha value is -2.93. The molecule has 0 aliphatic heterocycles. The fraction of sp³-hybridized carbons (Fsp3) is 0.250. The first-order valence-corrected chi connectivity index (χ1v) is 9.40. The minimum atomic E-state index is -0.0430. The molecule has 0 aliphatic carbocycles. The van der Waals surface area contributed by atoms with Crippen molar-refractivity contribution in [2.75, 3.05) is 20.8 Å². The fourth-order valence-corrected chi connectivity index (χ4v) is 3.43. The zero-order valence-corrected chi connectivity index (χ0v) is 16.1. The van der Waals surface area contributed by atoms with Crippen molar-refractivity contribution in [3.63, 3.8) is 0 Å². The number of carbonyl (C=O) groups is 1. The molecular formula is C20H21N3O3S. The van der Waals surface area contributed by atoms with Gasteiger partial charge in [-0.25, -0.2) is 4.98 Å². The summed E-state index contributed by atoms with van der Waals surface area (Å²) in [4.78, 5) is 20.8. The Morgan fingerprint density at radius 2 is 2.04 bits per heavy atom. The number of amides is 1. The van der Waals surface area contributed by atoms with Gasteiger partial charge < -0.3 is 14.8 Å². The second-order valence-corrected chi connectivity index (χ2v) is 6.71. The number of ether oxygens (including phenoxy) is 2. The molecule has 1 amide bonds. The van der Waals surface area contributed by atoms with Gasteiger partial charge in [-0.2, -0.15) is 0 Å². The zero-order valence-electron chi connectivity index (χ0n) is 15.3. The van der Waals surface area contributed by atoms with Crippen LogP contribution in [0.25, 0.3) is 10.6 Å². The molecule has 6 nitrogen and oxygen atoms in total. The average Bonchev–Trinajstić information content (AvgIpc) is 3.17. The van der Waals surface area contributed by atoms with Crippen molar-refractivity contribution in [1.29, 1.82) is 0 Å². The van der Waals surface area contributed by atoms with Gasteiger partial charge >= 0.3 is 0 Å². The number of nitrogens with one attached hydrogen (secondary N) is 1. The van der Waals surface area contributed by atoms with Crippen LogP contribution in [-0.2, 0) is 17.6 Å². The molecule has 1 N–H and O–H groups in total. The Kier molecular flexibility index (Phi) is 6.38. The zero-order chi connectivity index (χ0) is 19.1. The van der Waals surface area contributed by atoms with Gasteiger partial charge in [-0.1, -0.05) is 6.07 Å². The number of benzene rings is 1. The molecule has 1 aromatic carbocycles. The van der Waals surface area contributed by atoms with Gasteiger partial charge in [0.05, 0.1) is 26.3 Å². The third-order valence-electron chi connectivity index (χ3n) is 3.99. The van der Waals surface area contributed by atoms with E-state index in [0.717, 1.165) is 21.8 Å². The lowest BCUT2D eigenvalue weighted by Gasteiger charge is -2.10. The summed E-state index contributed by atoms with van der Waals surface area (Å²) in [6.07, 6.45) is 4.47. The molecule has 2 heterocycles. The second kappa shape index (κ2) is 9.14. The lowest BCUT2D eigenvalue weighted by molar-refractivity contribution is -0.120. The van der Waals surface area contributed by atoms with Gasteiger partial charge in [0.25, 0.3) is 0 Å². The van der Waals surface area contributed by atoms with Crippen LogP contribution in [0.3, 0.4) is 0 Å². The molecule has 2 aromatic heterocycles. The summed E-state index contributed by atoms with van der Waals surface area (Å²) in [7, 11) is 3.22. The largest absolute Gasteiger partial charge is 0.493 e. The molecule has 3 aromatic rings. The lowest BCUT2D eigenvalue weighted by atomic mass is 10.1. The van der Waals surface area contributed by atoms with Crippen molar-refractivity contribution >= 4 is 17.2 Å². The average molecular weight is 383 g/mol. The number of pyridine rings is 1. The van der Waals surface area contributed by atoms with E-state index in [1.807, 2.05) is 35.7 Å². The van der Waals surface area contributed by atoms with E-state index in [1.165, 1.54) is 11.3 Å². The number of hydrogen-bond acceptors (Lipinski definition) is 6. The predicted octanol–water partition coefficient (Wildman–Crippen LogP) is 3.12. The van der Waals surface area contributed by atoms with Gasteiger partial charge in [0.1, 0.15) is 5.01 Å². The second-order valence-electron chi connectivity index (χ2n) is 5.85. The Morgan fingerprint density at radius 3 is 2.78 bits per heavy atom. The molecule has 0 spiro atoms. The van der Waals surface area contributed by atoms with Gasteiger partial charge in [-0.05, 0) is 36.2 Å². The number of rotatable bonds is 8. The molecule has 0 atom stereocenters. The van der Waals surface area contributed by atoms with E-state index in [-0.39, 0.29) is 12.3 Å². The summed E-state index contributed by atoms with van der Waals surface area (Å²) in [5.74, 6) is 1.34. The standard InChI is InChI=1S/C20H21N3O3S/c1-25-17-6-5-14(10-18(17)26-2)7-9-22-19(24)11-16-13-27-20(23-16)15-4-3-8-21-12-15/h3-6,8,10,12-13H,7,9,11H2,1-2H3,(H,22,24). The number of carbonyl (C=O) groups excluding carboxylic acids is 1. The molecule has 0 saturated carbocycles. The smallest absolute Gasteiger partial charge is 0.226 e. The van der Waals surface area contributed by atoms with E-state index in [1.54, 1.807) is 26.6 Å². The molecule has 0 radical (unpaired) electrons. The maximum atomic E-state index is 12.2. The van der Waals surface area contributed by atoms with E-state index < -0.39 is 0 Å². The molecule has 27 heavy (non-hydrogen) atoms. The third kappa shape index (κ3) is 5.04. The third-order valence-corrected chi connectivity index (χ3v) is 4.93. The Labute approximate surface area is 162 Å². The van der Waals surface area contributed by atoms with Gasteiger partial charge in [0.2, 0.25) is 5.91 Å². The van der Waals surface area contributed by atoms with Gasteiger partial charge in [-0.15, -0.1) is 11.3 Å². The minimum absolute atomic E-state index is 0.0430. The highest BCUT2D eigenvalue weighted by atomic mass is 32.1. The highest BCUT2D eigenvalue weighted by molar-refractivity contribution is 7.13. The van der Waals surface area contributed by atoms with Gasteiger partial charge in [0, 0.05) is 29.9 Å². The summed E-state index contributed by atoms with van der Waals surface area (Å²) >= 11 is 1.52. The lowest BCUT2D eigenvalue weighted by Crippen LogP contribution is -2.27. The van der Waals surface area contributed by atoms with Crippen LogP contribution >= 0.6 is 11.3 Å². The van der Waals surface area contributed by atoms with Crippen LogP contribution in [0, 0.1) is 0 Å². The van der Waals surface area contributed by atoms with E-state index >= 15 is 0 Å². The van der Waals surface area contributed by atoms with E-state index in [4.69, 9.17) is 9.47 Å². The first kappa shape index (κ1) is 18.8. The monoisotopic (exact) mass is 383 g/mol. The Morgan fingerprint density at radius 1 is 1.19 bits per heavy atom. The van der Waals surface area contributed by atoms with Crippen molar-refractivity contribution < 1.29 is 14.3 Å². The number of methoxy groups -OCH3 is 2. The minimum Gasteiger partial charge on any atom is -0.493 e. The topological polar surface area (TPSA) is 73.3 Å². The summed E-state index contributed by atoms with van der Waals surface area (Å²) in [5.41, 5.74) is 2.80. The summed E-state index contributed by atoms with van der Waals surface area (Å²) < 4.78 is 10.5. The van der Waals surface area contributed by atoms with Crippen LogP contribution in [0.4, 0.5) is 0 Å². The molecule has 3 rings (SSSR count).